The van der Waals surface area contributed by atoms with Crippen molar-refractivity contribution in [3.8, 4) is 0 Å². The van der Waals surface area contributed by atoms with Crippen LogP contribution in [0.25, 0.3) is 0 Å². The number of aliphatic imine (C=N–C) groups is 1. The molecule has 0 bridgehead atoms. The van der Waals surface area contributed by atoms with Crippen molar-refractivity contribution >= 4 is 39.0 Å². The maximum Gasteiger partial charge on any atom is 0.323 e. The van der Waals surface area contributed by atoms with Crippen molar-refractivity contribution in [3.05, 3.63) is 90.2 Å². The molecule has 1 aliphatic rings. The third kappa shape index (κ3) is 5.01. The number of nitrogens with one attached hydrogen (secondary N) is 2. The summed E-state index contributed by atoms with van der Waals surface area (Å²) >= 11 is 0. The summed E-state index contributed by atoms with van der Waals surface area (Å²) in [5, 5.41) is 4.43. The highest BCUT2D eigenvalue weighted by Gasteiger charge is 2.36. The Balaban J connectivity index is 1.45. The monoisotopic (exact) mass is 481 g/mol. The van der Waals surface area contributed by atoms with Gasteiger partial charge in [0.25, 0.3) is 10.0 Å². The zero-order valence-electron chi connectivity index (χ0n) is 18.6. The van der Waals surface area contributed by atoms with E-state index in [1.54, 1.807) is 60.5 Å². The summed E-state index contributed by atoms with van der Waals surface area (Å²) in [4.78, 5) is 18.3. The number of amides is 2. The summed E-state index contributed by atoms with van der Waals surface area (Å²) in [6.07, 6.45) is 0. The van der Waals surface area contributed by atoms with Crippen molar-refractivity contribution in [2.24, 2.45) is 4.99 Å². The molecule has 34 heavy (non-hydrogen) atoms. The molecule has 1 heterocycles. The van der Waals surface area contributed by atoms with Crippen molar-refractivity contribution in [1.29, 1.82) is 0 Å². The SMILES string of the molecule is CN1CC(S(=O)(=O)N(C)c2ccc(NC(=O)Nc3ccccc3)cc2)N=C1c1ccc(F)cc1. The number of rotatable bonds is 6. The average Bonchev–Trinajstić information content (AvgIpc) is 3.22. The number of carbonyl (C=O) groups excluding carboxylic acids is 1. The molecule has 0 saturated heterocycles. The Kier molecular flexibility index (Phi) is 6.51. The summed E-state index contributed by atoms with van der Waals surface area (Å²) in [5.74, 6) is 0.121. The van der Waals surface area contributed by atoms with E-state index in [-0.39, 0.29) is 12.4 Å². The fourth-order valence-corrected chi connectivity index (χ4v) is 4.98. The number of anilines is 3. The number of para-hydroxylation sites is 1. The van der Waals surface area contributed by atoms with Gasteiger partial charge in [0.1, 0.15) is 11.7 Å². The maximum absolute atomic E-state index is 13.2. The fraction of sp³-hybridized carbons (Fsp3) is 0.167. The van der Waals surface area contributed by atoms with Gasteiger partial charge < -0.3 is 15.5 Å². The van der Waals surface area contributed by atoms with Gasteiger partial charge in [0, 0.05) is 31.0 Å². The van der Waals surface area contributed by atoms with Crippen LogP contribution in [0.1, 0.15) is 5.56 Å². The summed E-state index contributed by atoms with van der Waals surface area (Å²) in [7, 11) is -0.608. The fourth-order valence-electron chi connectivity index (χ4n) is 3.55. The number of hydrogen-bond acceptors (Lipinski definition) is 5. The number of halogens is 1. The predicted molar refractivity (Wildman–Crippen MR) is 132 cm³/mol. The lowest BCUT2D eigenvalue weighted by molar-refractivity contribution is 0.262. The molecule has 176 valence electrons. The summed E-state index contributed by atoms with van der Waals surface area (Å²) < 4.78 is 40.9. The predicted octanol–water partition coefficient (Wildman–Crippen LogP) is 3.95. The van der Waals surface area contributed by atoms with Crippen LogP contribution in [0.5, 0.6) is 0 Å². The molecule has 4 rings (SSSR count). The number of likely N-dealkylation sites (N-methyl/N-ethyl adjacent to an activating group) is 1. The van der Waals surface area contributed by atoms with E-state index < -0.39 is 21.4 Å². The summed E-state index contributed by atoms with van der Waals surface area (Å²) in [6.45, 7) is 0.179. The van der Waals surface area contributed by atoms with Crippen LogP contribution < -0.4 is 14.9 Å². The van der Waals surface area contributed by atoms with Gasteiger partial charge in [0.05, 0.1) is 12.2 Å². The highest BCUT2D eigenvalue weighted by molar-refractivity contribution is 7.93. The standard InChI is InChI=1S/C24H24FN5O3S/c1-29-16-22(28-23(29)17-8-10-18(25)11-9-17)34(32,33)30(2)21-14-12-20(13-15-21)27-24(31)26-19-6-4-3-5-7-19/h3-15,22H,16H2,1-2H3,(H2,26,27,31). The van der Waals surface area contributed by atoms with Crippen LogP contribution in [0.3, 0.4) is 0 Å². The molecule has 0 spiro atoms. The van der Waals surface area contributed by atoms with Gasteiger partial charge in [0.2, 0.25) is 0 Å². The first-order chi connectivity index (χ1) is 16.2. The molecule has 8 nitrogen and oxygen atoms in total. The lowest BCUT2D eigenvalue weighted by atomic mass is 10.2. The smallest absolute Gasteiger partial charge is 0.323 e. The van der Waals surface area contributed by atoms with E-state index in [0.29, 0.717) is 28.5 Å². The first-order valence-corrected chi connectivity index (χ1v) is 12.0. The topological polar surface area (TPSA) is 94.1 Å². The molecule has 0 aliphatic carbocycles. The van der Waals surface area contributed by atoms with Crippen molar-refractivity contribution in [2.45, 2.75) is 5.37 Å². The maximum atomic E-state index is 13.2. The zero-order valence-corrected chi connectivity index (χ0v) is 19.5. The minimum absolute atomic E-state index is 0.179. The van der Waals surface area contributed by atoms with Gasteiger partial charge in [0.15, 0.2) is 5.37 Å². The van der Waals surface area contributed by atoms with Gasteiger partial charge in [-0.2, -0.15) is 0 Å². The molecule has 2 N–H and O–H groups in total. The van der Waals surface area contributed by atoms with E-state index in [1.165, 1.54) is 23.5 Å². The van der Waals surface area contributed by atoms with Crippen LogP contribution in [-0.2, 0) is 10.0 Å². The minimum atomic E-state index is -3.82. The van der Waals surface area contributed by atoms with Gasteiger partial charge in [-0.15, -0.1) is 0 Å². The Morgan fingerprint density at radius 3 is 2.18 bits per heavy atom. The highest BCUT2D eigenvalue weighted by Crippen LogP contribution is 2.25. The van der Waals surface area contributed by atoms with E-state index in [1.807, 2.05) is 18.2 Å². The van der Waals surface area contributed by atoms with Gasteiger partial charge in [-0.3, -0.25) is 4.31 Å². The first kappa shape index (κ1) is 23.2. The van der Waals surface area contributed by atoms with Crippen LogP contribution in [0.2, 0.25) is 0 Å². The molecule has 10 heteroatoms. The second-order valence-electron chi connectivity index (χ2n) is 7.80. The Morgan fingerprint density at radius 2 is 1.56 bits per heavy atom. The van der Waals surface area contributed by atoms with Crippen molar-refractivity contribution in [1.82, 2.24) is 4.90 Å². The first-order valence-electron chi connectivity index (χ1n) is 10.5. The molecule has 1 unspecified atom stereocenters. The van der Waals surface area contributed by atoms with E-state index in [9.17, 15) is 17.6 Å². The quantitative estimate of drug-likeness (QED) is 0.557. The Labute approximate surface area is 197 Å². The molecule has 0 radical (unpaired) electrons. The van der Waals surface area contributed by atoms with Gasteiger partial charge in [-0.25, -0.2) is 22.6 Å². The molecule has 1 atom stereocenters. The van der Waals surface area contributed by atoms with E-state index in [4.69, 9.17) is 0 Å². The lowest BCUT2D eigenvalue weighted by Crippen LogP contribution is -2.38. The minimum Gasteiger partial charge on any atom is -0.356 e. The van der Waals surface area contributed by atoms with Crippen LogP contribution in [0.4, 0.5) is 26.2 Å². The van der Waals surface area contributed by atoms with Crippen LogP contribution in [-0.4, -0.2) is 51.2 Å². The second-order valence-corrected chi connectivity index (χ2v) is 9.92. The Morgan fingerprint density at radius 1 is 0.971 bits per heavy atom. The number of hydrogen-bond donors (Lipinski definition) is 2. The lowest BCUT2D eigenvalue weighted by Gasteiger charge is -2.23. The number of carbonyl (C=O) groups is 1. The third-order valence-electron chi connectivity index (χ3n) is 5.41. The van der Waals surface area contributed by atoms with Crippen molar-refractivity contribution < 1.29 is 17.6 Å². The largest absolute Gasteiger partial charge is 0.356 e. The molecule has 3 aromatic rings. The van der Waals surface area contributed by atoms with Gasteiger partial charge in [-0.05, 0) is 60.7 Å². The van der Waals surface area contributed by atoms with Crippen molar-refractivity contribution in [3.63, 3.8) is 0 Å². The molecule has 3 aromatic carbocycles. The number of nitrogens with zero attached hydrogens (tertiary/aromatic N) is 3. The Bertz CT molecular complexity index is 1300. The van der Waals surface area contributed by atoms with Crippen LogP contribution in [0.15, 0.2) is 83.9 Å². The van der Waals surface area contributed by atoms with Crippen LogP contribution >= 0.6 is 0 Å². The number of benzene rings is 3. The molecule has 0 saturated carbocycles. The molecule has 2 amide bonds. The summed E-state index contributed by atoms with van der Waals surface area (Å²) in [6, 6.07) is 20.9. The zero-order chi connectivity index (χ0) is 24.3. The highest BCUT2D eigenvalue weighted by atomic mass is 32.2. The van der Waals surface area contributed by atoms with Gasteiger partial charge in [-0.1, -0.05) is 18.2 Å². The number of amidine groups is 1. The van der Waals surface area contributed by atoms with Crippen LogP contribution in [0, 0.1) is 5.82 Å². The number of urea groups is 1. The molecular formula is C24H24FN5O3S. The molecule has 0 aromatic heterocycles. The summed E-state index contributed by atoms with van der Waals surface area (Å²) in [5.41, 5.74) is 2.25. The molecule has 0 fully saturated rings. The van der Waals surface area contributed by atoms with Gasteiger partial charge >= 0.3 is 6.03 Å². The van der Waals surface area contributed by atoms with E-state index in [0.717, 1.165) is 0 Å². The second kappa shape index (κ2) is 9.52. The van der Waals surface area contributed by atoms with Crippen molar-refractivity contribution in [2.75, 3.05) is 35.6 Å². The number of sulfonamides is 1. The molecule has 1 aliphatic heterocycles. The molecular weight excluding hydrogens is 457 g/mol. The average molecular weight is 482 g/mol. The Hall–Kier alpha value is -3.92. The third-order valence-corrected chi connectivity index (χ3v) is 7.32. The van der Waals surface area contributed by atoms with E-state index >= 15 is 0 Å². The van der Waals surface area contributed by atoms with E-state index in [2.05, 4.69) is 15.6 Å². The normalized spacial score (nSPS) is 15.6.